The van der Waals surface area contributed by atoms with Crippen molar-refractivity contribution in [1.82, 2.24) is 0 Å². The predicted molar refractivity (Wildman–Crippen MR) is 158 cm³/mol. The molecule has 0 nitrogen and oxygen atoms in total. The number of aryl methyl sites for hydroxylation is 2. The van der Waals surface area contributed by atoms with Crippen molar-refractivity contribution in [2.75, 3.05) is 0 Å². The molecule has 2 aliphatic carbocycles. The van der Waals surface area contributed by atoms with E-state index in [9.17, 15) is 0 Å². The van der Waals surface area contributed by atoms with Gasteiger partial charge in [0.05, 0.1) is 0 Å². The number of hydrogen-bond acceptors (Lipinski definition) is 0. The molecule has 2 atom stereocenters. The van der Waals surface area contributed by atoms with E-state index in [1.54, 1.807) is 0 Å². The molecule has 0 radical (unpaired) electrons. The molecule has 2 aliphatic rings. The zero-order valence-corrected chi connectivity index (χ0v) is 26.9. The van der Waals surface area contributed by atoms with Gasteiger partial charge < -0.3 is 0 Å². The first kappa shape index (κ1) is 32.4. The molecule has 36 heavy (non-hydrogen) atoms. The summed E-state index contributed by atoms with van der Waals surface area (Å²) in [4.78, 5) is 0. The van der Waals surface area contributed by atoms with Crippen molar-refractivity contribution in [3.63, 3.8) is 0 Å². The van der Waals surface area contributed by atoms with Gasteiger partial charge in [-0.1, -0.05) is 114 Å². The Bertz CT molecular complexity index is 997. The second-order valence-corrected chi connectivity index (χ2v) is 16.8. The third-order valence-corrected chi connectivity index (χ3v) is 6.86. The van der Waals surface area contributed by atoms with Crippen LogP contribution in [0.25, 0.3) is 0 Å². The molecule has 0 spiro atoms. The first-order chi connectivity index (χ1) is 16.9. The van der Waals surface area contributed by atoms with E-state index >= 15 is 0 Å². The fraction of sp³-hybridized carbons (Fsp3) is 0.412. The Morgan fingerprint density at radius 3 is 1.06 bits per heavy atom. The van der Waals surface area contributed by atoms with Gasteiger partial charge in [0.15, 0.2) is 0 Å². The number of hydrogen-bond donors (Lipinski definition) is 0. The average Bonchev–Trinajstić information content (AvgIpc) is 3.21. The van der Waals surface area contributed by atoms with E-state index in [0.29, 0.717) is 11.8 Å². The van der Waals surface area contributed by atoms with Crippen molar-refractivity contribution in [2.45, 2.75) is 81.3 Å². The Morgan fingerprint density at radius 1 is 0.611 bits per heavy atom. The Morgan fingerprint density at radius 2 is 0.889 bits per heavy atom. The maximum absolute atomic E-state index is 3.36. The number of rotatable bonds is 3. The number of benzene rings is 2. The molecular weight excluding hydrogens is 484 g/mol. The molecule has 0 saturated heterocycles. The van der Waals surface area contributed by atoms with Gasteiger partial charge in [-0.15, -0.1) is 13.8 Å². The van der Waals surface area contributed by atoms with Gasteiger partial charge in [0.1, 0.15) is 0 Å². The van der Waals surface area contributed by atoms with Crippen LogP contribution in [0.15, 0.2) is 94.1 Å². The summed E-state index contributed by atoms with van der Waals surface area (Å²) in [6, 6.07) is 21.2. The van der Waals surface area contributed by atoms with E-state index in [1.807, 2.05) is 0 Å². The third-order valence-electron chi connectivity index (χ3n) is 6.86. The first-order valence-corrected chi connectivity index (χ1v) is 17.9. The van der Waals surface area contributed by atoms with Gasteiger partial charge in [-0.25, -0.2) is 11.1 Å². The van der Waals surface area contributed by atoms with Crippen molar-refractivity contribution < 1.29 is 19.2 Å². The minimum atomic E-state index is 0.120. The number of allylic oxidation sites excluding steroid dienone is 8. The van der Waals surface area contributed by atoms with Crippen LogP contribution in [0.2, 0.25) is 13.1 Å². The second kappa shape index (κ2) is 17.0. The van der Waals surface area contributed by atoms with Crippen LogP contribution in [0.1, 0.15) is 66.5 Å². The van der Waals surface area contributed by atoms with E-state index in [4.69, 9.17) is 0 Å². The van der Waals surface area contributed by atoms with Gasteiger partial charge >= 0.3 is 38.5 Å². The Hall–Kier alpha value is -1.67. The summed E-state index contributed by atoms with van der Waals surface area (Å²) in [5.74, 6) is 1.12. The summed E-state index contributed by atoms with van der Waals surface area (Å²) in [5, 5.41) is 0. The van der Waals surface area contributed by atoms with Crippen LogP contribution in [-0.4, -0.2) is 6.19 Å². The molecule has 0 bridgehead atoms. The van der Waals surface area contributed by atoms with Gasteiger partial charge in [0.25, 0.3) is 0 Å². The van der Waals surface area contributed by atoms with Crippen molar-refractivity contribution in [1.29, 1.82) is 0 Å². The molecule has 0 fully saturated rings. The molecular formula is C34H46SiTi. The van der Waals surface area contributed by atoms with Crippen LogP contribution in [0.4, 0.5) is 0 Å². The minimum Gasteiger partial charge on any atom is -0.0622 e. The molecule has 2 aromatic rings. The standard InChI is InChI=1S/C14H14.2C9H13.C2H6Si.Ti/c1-3-7-13(8-4-1)11-12-14-9-5-2-6-10-14;2*1-6-5-7(2)9(4)8(6)3;1-3-2;/h1-10H,11-12H2;2*6H,1-4H3;1-2H3;/q;2*-1;;+2. The second-order valence-electron chi connectivity index (χ2n) is 10.1. The Labute approximate surface area is 234 Å². The van der Waals surface area contributed by atoms with Crippen molar-refractivity contribution in [3.05, 3.63) is 117 Å². The zero-order valence-electron chi connectivity index (χ0n) is 24.3. The fourth-order valence-electron chi connectivity index (χ4n) is 3.90. The maximum atomic E-state index is 3.36. The average molecular weight is 531 g/mol. The minimum absolute atomic E-state index is 0.120. The molecule has 2 aromatic carbocycles. The first-order valence-electron chi connectivity index (χ1n) is 13.1. The summed E-state index contributed by atoms with van der Waals surface area (Å²) >= 11 is 2.27. The van der Waals surface area contributed by atoms with Gasteiger partial charge in [-0.05, 0) is 24.0 Å². The SMILES string of the molecule is CC1=[C-]C(C)C(C)=C1C.CC1=[C-]C(C)C(C)=C1C.C[Si](C)=[Ti+2].c1ccc(CCc2ccccc2)cc1. The smallest absolute Gasteiger partial charge is 0.0238 e. The van der Waals surface area contributed by atoms with Gasteiger partial charge in [0, 0.05) is 0 Å². The van der Waals surface area contributed by atoms with Crippen molar-refractivity contribution in [3.8, 4) is 0 Å². The Balaban J connectivity index is 0.000000260. The molecule has 0 saturated carbocycles. The molecule has 0 amide bonds. The summed E-state index contributed by atoms with van der Waals surface area (Å²) in [7, 11) is 0. The quantitative estimate of drug-likeness (QED) is 0.274. The Kier molecular flexibility index (Phi) is 15.2. The third kappa shape index (κ3) is 12.0. The van der Waals surface area contributed by atoms with Crippen molar-refractivity contribution >= 4 is 6.19 Å². The van der Waals surface area contributed by atoms with Crippen LogP contribution in [0.5, 0.6) is 0 Å². The molecule has 0 aromatic heterocycles. The molecule has 2 unspecified atom stereocenters. The molecule has 0 N–H and O–H groups in total. The van der Waals surface area contributed by atoms with Gasteiger partial charge in [-0.2, -0.15) is 22.3 Å². The van der Waals surface area contributed by atoms with Crippen LogP contribution in [0, 0.1) is 24.0 Å². The van der Waals surface area contributed by atoms with Gasteiger partial charge in [-0.3, -0.25) is 12.2 Å². The van der Waals surface area contributed by atoms with E-state index < -0.39 is 0 Å². The van der Waals surface area contributed by atoms with Crippen LogP contribution in [-0.2, 0) is 32.0 Å². The summed E-state index contributed by atoms with van der Waals surface area (Å²) in [6.07, 6.45) is 9.10. The zero-order chi connectivity index (χ0) is 27.3. The summed E-state index contributed by atoms with van der Waals surface area (Å²) < 4.78 is 0. The van der Waals surface area contributed by atoms with Gasteiger partial charge in [0.2, 0.25) is 0 Å². The predicted octanol–water partition coefficient (Wildman–Crippen LogP) is 9.70. The summed E-state index contributed by atoms with van der Waals surface area (Å²) in [6.45, 7) is 21.9. The van der Waals surface area contributed by atoms with E-state index in [0.717, 1.165) is 12.8 Å². The van der Waals surface area contributed by atoms with Crippen LogP contribution >= 0.6 is 0 Å². The maximum Gasteiger partial charge on any atom is -0.0238 e. The molecule has 2 heteroatoms. The van der Waals surface area contributed by atoms with E-state index in [-0.39, 0.29) is 6.19 Å². The summed E-state index contributed by atoms with van der Waals surface area (Å²) in [5.41, 5.74) is 11.3. The van der Waals surface area contributed by atoms with E-state index in [1.165, 1.54) is 44.6 Å². The fourth-order valence-corrected chi connectivity index (χ4v) is 3.90. The normalized spacial score (nSPS) is 18.2. The van der Waals surface area contributed by atoms with Crippen LogP contribution < -0.4 is 0 Å². The monoisotopic (exact) mass is 530 g/mol. The van der Waals surface area contributed by atoms with E-state index in [2.05, 4.69) is 160 Å². The van der Waals surface area contributed by atoms with Crippen molar-refractivity contribution in [2.24, 2.45) is 11.8 Å². The molecule has 0 heterocycles. The largest absolute Gasteiger partial charge is 0.0622 e. The van der Waals surface area contributed by atoms with Crippen LogP contribution in [0.3, 0.4) is 0 Å². The topological polar surface area (TPSA) is 0 Å². The molecule has 4 rings (SSSR count). The molecule has 0 aliphatic heterocycles. The molecule has 190 valence electrons.